The van der Waals surface area contributed by atoms with Crippen LogP contribution in [0.25, 0.3) is 0 Å². The Labute approximate surface area is 133 Å². The minimum absolute atomic E-state index is 0.0776. The van der Waals surface area contributed by atoms with Gasteiger partial charge in [0.05, 0.1) is 5.75 Å². The van der Waals surface area contributed by atoms with E-state index in [2.05, 4.69) is 15.6 Å². The second kappa shape index (κ2) is 8.97. The van der Waals surface area contributed by atoms with E-state index in [9.17, 15) is 13.2 Å². The van der Waals surface area contributed by atoms with Gasteiger partial charge in [-0.3, -0.25) is 4.79 Å². The smallest absolute Gasteiger partial charge is 0.328 e. The number of nitrogens with zero attached hydrogens (tertiary/aromatic N) is 1. The van der Waals surface area contributed by atoms with E-state index in [1.165, 1.54) is 6.26 Å². The average molecular weight is 335 g/mol. The van der Waals surface area contributed by atoms with Gasteiger partial charge in [-0.2, -0.15) is 0 Å². The van der Waals surface area contributed by atoms with E-state index < -0.39 is 21.4 Å². The van der Waals surface area contributed by atoms with Gasteiger partial charge in [0.15, 0.2) is 5.96 Å². The van der Waals surface area contributed by atoms with Gasteiger partial charge in [-0.15, -0.1) is 0 Å². The normalized spacial score (nSPS) is 14.4. The van der Waals surface area contributed by atoms with Crippen LogP contribution in [0.5, 0.6) is 0 Å². The van der Waals surface area contributed by atoms with E-state index in [0.717, 1.165) is 0 Å². The van der Waals surface area contributed by atoms with Gasteiger partial charge in [-0.05, 0) is 41.0 Å². The Bertz CT molecular complexity index is 481. The van der Waals surface area contributed by atoms with Crippen molar-refractivity contribution in [3.05, 3.63) is 0 Å². The maximum Gasteiger partial charge on any atom is 0.328 e. The Hall–Kier alpha value is -1.31. The summed E-state index contributed by atoms with van der Waals surface area (Å²) in [6, 6.07) is -0.0776. The summed E-state index contributed by atoms with van der Waals surface area (Å²) in [6.07, 6.45) is 1.68. The molecule has 8 heteroatoms. The molecule has 0 aromatic rings. The van der Waals surface area contributed by atoms with E-state index in [1.807, 2.05) is 13.8 Å². The molecule has 0 spiro atoms. The summed E-state index contributed by atoms with van der Waals surface area (Å²) in [5.41, 5.74) is -0.541. The molecule has 0 amide bonds. The van der Waals surface area contributed by atoms with Crippen LogP contribution in [-0.2, 0) is 19.4 Å². The van der Waals surface area contributed by atoms with Gasteiger partial charge >= 0.3 is 5.97 Å². The highest BCUT2D eigenvalue weighted by atomic mass is 32.2. The number of aliphatic imine (C=N–C) groups is 1. The molecule has 2 N–H and O–H groups in total. The lowest BCUT2D eigenvalue weighted by Crippen LogP contribution is -2.43. The molecular weight excluding hydrogens is 306 g/mol. The second-order valence-electron chi connectivity index (χ2n) is 6.25. The minimum Gasteiger partial charge on any atom is -0.459 e. The molecule has 22 heavy (non-hydrogen) atoms. The van der Waals surface area contributed by atoms with Gasteiger partial charge in [0, 0.05) is 18.8 Å². The lowest BCUT2D eigenvalue weighted by atomic mass is 10.2. The lowest BCUT2D eigenvalue weighted by Gasteiger charge is -2.20. The molecule has 0 saturated carbocycles. The largest absolute Gasteiger partial charge is 0.459 e. The first-order chi connectivity index (χ1) is 9.93. The monoisotopic (exact) mass is 335 g/mol. The van der Waals surface area contributed by atoms with Crippen LogP contribution < -0.4 is 10.6 Å². The van der Waals surface area contributed by atoms with E-state index in [4.69, 9.17) is 4.74 Å². The van der Waals surface area contributed by atoms with Gasteiger partial charge < -0.3 is 15.4 Å². The quantitative estimate of drug-likeness (QED) is 0.404. The number of rotatable bonds is 7. The van der Waals surface area contributed by atoms with Crippen LogP contribution in [0, 0.1) is 0 Å². The summed E-state index contributed by atoms with van der Waals surface area (Å²) in [4.78, 5) is 15.8. The van der Waals surface area contributed by atoms with Crippen LogP contribution in [0.4, 0.5) is 0 Å². The molecule has 0 aliphatic rings. The fourth-order valence-electron chi connectivity index (χ4n) is 1.53. The molecule has 0 aliphatic carbocycles. The Morgan fingerprint density at radius 3 is 2.36 bits per heavy atom. The first-order valence-corrected chi connectivity index (χ1v) is 9.43. The molecule has 7 nitrogen and oxygen atoms in total. The first kappa shape index (κ1) is 20.7. The highest BCUT2D eigenvalue weighted by Crippen LogP contribution is 2.06. The topological polar surface area (TPSA) is 96.9 Å². The number of carbonyl (C=O) groups excluding carboxylic acids is 1. The minimum atomic E-state index is -2.99. The Balaban J connectivity index is 4.51. The zero-order chi connectivity index (χ0) is 17.4. The van der Waals surface area contributed by atoms with Crippen LogP contribution in [0.2, 0.25) is 0 Å². The average Bonchev–Trinajstić information content (AvgIpc) is 2.31. The van der Waals surface area contributed by atoms with Crippen molar-refractivity contribution in [1.29, 1.82) is 0 Å². The van der Waals surface area contributed by atoms with Crippen molar-refractivity contribution in [2.24, 2.45) is 4.99 Å². The van der Waals surface area contributed by atoms with Crippen LogP contribution in [-0.4, -0.2) is 57.1 Å². The third-order valence-corrected chi connectivity index (χ3v) is 3.41. The first-order valence-electron chi connectivity index (χ1n) is 7.37. The Morgan fingerprint density at radius 1 is 1.32 bits per heavy atom. The molecule has 0 aliphatic heterocycles. The van der Waals surface area contributed by atoms with E-state index in [1.54, 1.807) is 20.8 Å². The maximum absolute atomic E-state index is 11.6. The fraction of sp³-hybridized carbons (Fsp3) is 0.857. The molecular formula is C14H29N3O4S. The number of sulfone groups is 1. The third-order valence-electron chi connectivity index (χ3n) is 2.44. The van der Waals surface area contributed by atoms with Gasteiger partial charge in [-0.25, -0.2) is 13.4 Å². The van der Waals surface area contributed by atoms with Crippen LogP contribution >= 0.6 is 0 Å². The number of ether oxygens (including phenoxy) is 1. The van der Waals surface area contributed by atoms with Crippen molar-refractivity contribution in [3.8, 4) is 0 Å². The van der Waals surface area contributed by atoms with Crippen molar-refractivity contribution in [1.82, 2.24) is 10.6 Å². The van der Waals surface area contributed by atoms with Gasteiger partial charge in [0.1, 0.15) is 22.0 Å². The molecule has 0 saturated heterocycles. The van der Waals surface area contributed by atoms with Crippen molar-refractivity contribution >= 4 is 21.8 Å². The second-order valence-corrected chi connectivity index (χ2v) is 8.51. The van der Waals surface area contributed by atoms with E-state index in [0.29, 0.717) is 18.9 Å². The highest BCUT2D eigenvalue weighted by molar-refractivity contribution is 7.90. The molecule has 1 unspecified atom stereocenters. The van der Waals surface area contributed by atoms with Gasteiger partial charge in [-0.1, -0.05) is 0 Å². The number of hydrogen-bond acceptors (Lipinski definition) is 5. The summed E-state index contributed by atoms with van der Waals surface area (Å²) in [5.74, 6) is 0.162. The maximum atomic E-state index is 11.6. The molecule has 0 rings (SSSR count). The zero-order valence-electron chi connectivity index (χ0n) is 14.4. The SMILES string of the molecule is CCNC(=NCC(=O)OC(C)(C)C)NC(C)CCS(C)(=O)=O. The standard InChI is InChI=1S/C14H29N3O4S/c1-7-15-13(16-10-12(18)21-14(3,4)5)17-11(2)8-9-22(6,19)20/h11H,7-10H2,1-6H3,(H2,15,16,17). The number of carbonyl (C=O) groups is 1. The molecule has 0 fully saturated rings. The molecule has 0 heterocycles. The van der Waals surface area contributed by atoms with Crippen LogP contribution in [0.3, 0.4) is 0 Å². The molecule has 0 aromatic heterocycles. The highest BCUT2D eigenvalue weighted by Gasteiger charge is 2.16. The number of hydrogen-bond donors (Lipinski definition) is 2. The van der Waals surface area contributed by atoms with Crippen LogP contribution in [0.15, 0.2) is 4.99 Å². The Kier molecular flexibility index (Phi) is 8.44. The summed E-state index contributed by atoms with van der Waals surface area (Å²) < 4.78 is 27.5. The summed E-state index contributed by atoms with van der Waals surface area (Å²) >= 11 is 0. The summed E-state index contributed by atoms with van der Waals surface area (Å²) in [7, 11) is -2.99. The van der Waals surface area contributed by atoms with Crippen molar-refractivity contribution in [2.75, 3.05) is 25.1 Å². The predicted octanol–water partition coefficient (Wildman–Crippen LogP) is 0.706. The van der Waals surface area contributed by atoms with E-state index in [-0.39, 0.29) is 18.3 Å². The number of nitrogens with one attached hydrogen (secondary N) is 2. The molecule has 130 valence electrons. The number of guanidine groups is 1. The molecule has 1 atom stereocenters. The van der Waals surface area contributed by atoms with Gasteiger partial charge in [0.2, 0.25) is 0 Å². The Morgan fingerprint density at radius 2 is 1.91 bits per heavy atom. The van der Waals surface area contributed by atoms with Gasteiger partial charge in [0.25, 0.3) is 0 Å². The summed E-state index contributed by atoms with van der Waals surface area (Å²) in [5, 5.41) is 6.09. The molecule has 0 bridgehead atoms. The third kappa shape index (κ3) is 12.4. The fourth-order valence-corrected chi connectivity index (χ4v) is 2.32. The molecule has 0 aromatic carbocycles. The van der Waals surface area contributed by atoms with Crippen molar-refractivity contribution in [3.63, 3.8) is 0 Å². The zero-order valence-corrected chi connectivity index (χ0v) is 15.2. The summed E-state index contributed by atoms with van der Waals surface area (Å²) in [6.45, 7) is 9.71. The van der Waals surface area contributed by atoms with Crippen LogP contribution in [0.1, 0.15) is 41.0 Å². The van der Waals surface area contributed by atoms with Crippen molar-refractivity contribution in [2.45, 2.75) is 52.7 Å². The van der Waals surface area contributed by atoms with Crippen molar-refractivity contribution < 1.29 is 17.9 Å². The number of esters is 1. The molecule has 0 radical (unpaired) electrons. The van der Waals surface area contributed by atoms with E-state index >= 15 is 0 Å². The predicted molar refractivity (Wildman–Crippen MR) is 88.7 cm³/mol. The lowest BCUT2D eigenvalue weighted by molar-refractivity contribution is -0.152.